The molecule has 7 nitrogen and oxygen atoms in total. The topological polar surface area (TPSA) is 101 Å². The Morgan fingerprint density at radius 2 is 2.00 bits per heavy atom. The number of nitrogens with zero attached hydrogens (tertiary/aromatic N) is 2. The van der Waals surface area contributed by atoms with Crippen LogP contribution in [0, 0.1) is 5.41 Å². The monoisotopic (exact) mass is 303 g/mol. The van der Waals surface area contributed by atoms with Crippen LogP contribution in [0.3, 0.4) is 0 Å². The molecule has 1 amide bonds. The number of amides is 1. The Labute approximate surface area is 126 Å². The first kappa shape index (κ1) is 15.7. The van der Waals surface area contributed by atoms with E-state index in [1.807, 2.05) is 0 Å². The zero-order valence-electron chi connectivity index (χ0n) is 12.4. The van der Waals surface area contributed by atoms with Gasteiger partial charge in [-0.15, -0.1) is 0 Å². The van der Waals surface area contributed by atoms with Gasteiger partial charge in [0, 0.05) is 11.9 Å². The molecule has 0 spiro atoms. The van der Waals surface area contributed by atoms with E-state index < -0.39 is 17.3 Å². The first-order chi connectivity index (χ1) is 10.3. The molecule has 0 bridgehead atoms. The molecule has 7 heteroatoms. The molecule has 2 aromatic rings. The van der Waals surface area contributed by atoms with Gasteiger partial charge in [-0.05, 0) is 19.9 Å². The largest absolute Gasteiger partial charge is 0.481 e. The average molecular weight is 303 g/mol. The van der Waals surface area contributed by atoms with Crippen LogP contribution in [0.25, 0.3) is 10.8 Å². The lowest BCUT2D eigenvalue weighted by atomic mass is 9.94. The van der Waals surface area contributed by atoms with Crippen molar-refractivity contribution in [3.8, 4) is 0 Å². The molecule has 1 heterocycles. The highest BCUT2D eigenvalue weighted by Crippen LogP contribution is 2.13. The van der Waals surface area contributed by atoms with Crippen LogP contribution in [0.4, 0.5) is 0 Å². The minimum atomic E-state index is -1.07. The molecule has 0 aliphatic heterocycles. The van der Waals surface area contributed by atoms with E-state index in [9.17, 15) is 14.4 Å². The summed E-state index contributed by atoms with van der Waals surface area (Å²) in [6.45, 7) is 2.75. The minimum Gasteiger partial charge on any atom is -0.481 e. The number of fused-ring (bicyclic) bond motifs is 1. The summed E-state index contributed by atoms with van der Waals surface area (Å²) in [4.78, 5) is 35.0. The van der Waals surface area contributed by atoms with Gasteiger partial charge in [-0.1, -0.05) is 18.2 Å². The Balaban J connectivity index is 2.11. The molecule has 1 aromatic heterocycles. The second kappa shape index (κ2) is 5.97. The van der Waals surface area contributed by atoms with Gasteiger partial charge < -0.3 is 10.4 Å². The maximum Gasteiger partial charge on any atom is 0.310 e. The van der Waals surface area contributed by atoms with Crippen molar-refractivity contribution in [3.05, 3.63) is 40.8 Å². The van der Waals surface area contributed by atoms with Gasteiger partial charge in [0.1, 0.15) is 6.54 Å². The van der Waals surface area contributed by atoms with Crippen molar-refractivity contribution in [1.82, 2.24) is 15.1 Å². The lowest BCUT2D eigenvalue weighted by molar-refractivity contribution is -0.146. The molecule has 0 saturated carbocycles. The zero-order chi connectivity index (χ0) is 16.3. The van der Waals surface area contributed by atoms with Crippen molar-refractivity contribution in [3.63, 3.8) is 0 Å². The summed E-state index contributed by atoms with van der Waals surface area (Å²) in [5.74, 6) is -1.46. The van der Waals surface area contributed by atoms with Crippen LogP contribution in [0.15, 0.2) is 35.3 Å². The van der Waals surface area contributed by atoms with Gasteiger partial charge in [-0.2, -0.15) is 5.10 Å². The van der Waals surface area contributed by atoms with Gasteiger partial charge in [-0.3, -0.25) is 14.4 Å². The molecule has 0 aliphatic rings. The van der Waals surface area contributed by atoms with Crippen molar-refractivity contribution in [2.75, 3.05) is 6.54 Å². The Bertz CT molecular complexity index is 780. The number of aromatic nitrogens is 2. The van der Waals surface area contributed by atoms with Gasteiger partial charge in [-0.25, -0.2) is 4.68 Å². The molecule has 116 valence electrons. The third-order valence-electron chi connectivity index (χ3n) is 3.36. The summed E-state index contributed by atoms with van der Waals surface area (Å²) < 4.78 is 1.06. The Hall–Kier alpha value is -2.70. The molecule has 0 aliphatic carbocycles. The molecule has 2 N–H and O–H groups in total. The molecule has 0 unspecified atom stereocenters. The Morgan fingerprint density at radius 1 is 1.32 bits per heavy atom. The van der Waals surface area contributed by atoms with Crippen molar-refractivity contribution in [1.29, 1.82) is 0 Å². The van der Waals surface area contributed by atoms with Crippen LogP contribution in [0.2, 0.25) is 0 Å². The SMILES string of the molecule is CC(C)(CNC(=O)Cn1ncc2ccccc2c1=O)C(=O)O. The number of benzene rings is 1. The van der Waals surface area contributed by atoms with Crippen molar-refractivity contribution >= 4 is 22.6 Å². The number of rotatable bonds is 5. The normalized spacial score (nSPS) is 11.4. The van der Waals surface area contributed by atoms with E-state index in [1.54, 1.807) is 24.3 Å². The van der Waals surface area contributed by atoms with E-state index in [1.165, 1.54) is 20.0 Å². The fourth-order valence-electron chi connectivity index (χ4n) is 1.83. The van der Waals surface area contributed by atoms with Crippen molar-refractivity contribution in [2.45, 2.75) is 20.4 Å². The average Bonchev–Trinajstić information content (AvgIpc) is 2.48. The number of hydrogen-bond acceptors (Lipinski definition) is 4. The van der Waals surface area contributed by atoms with E-state index in [0.717, 1.165) is 4.68 Å². The number of carboxylic acid groups (broad SMARTS) is 1. The van der Waals surface area contributed by atoms with Crippen LogP contribution < -0.4 is 10.9 Å². The molecular weight excluding hydrogens is 286 g/mol. The second-order valence-electron chi connectivity index (χ2n) is 5.66. The third-order valence-corrected chi connectivity index (χ3v) is 3.36. The maximum atomic E-state index is 12.2. The number of carbonyl (C=O) groups is 2. The lowest BCUT2D eigenvalue weighted by Gasteiger charge is -2.19. The number of aliphatic carboxylic acids is 1. The molecule has 2 rings (SSSR count). The number of nitrogens with one attached hydrogen (secondary N) is 1. The first-order valence-electron chi connectivity index (χ1n) is 6.76. The van der Waals surface area contributed by atoms with Gasteiger partial charge >= 0.3 is 5.97 Å². The highest BCUT2D eigenvalue weighted by Gasteiger charge is 2.27. The highest BCUT2D eigenvalue weighted by atomic mass is 16.4. The summed E-state index contributed by atoms with van der Waals surface area (Å²) in [7, 11) is 0. The maximum absolute atomic E-state index is 12.2. The molecule has 0 fully saturated rings. The van der Waals surface area contributed by atoms with Gasteiger partial charge in [0.05, 0.1) is 17.0 Å². The van der Waals surface area contributed by atoms with E-state index in [4.69, 9.17) is 5.11 Å². The Kier molecular flexibility index (Phi) is 4.25. The third kappa shape index (κ3) is 3.30. The second-order valence-corrected chi connectivity index (χ2v) is 5.66. The molecular formula is C15H17N3O4. The summed E-state index contributed by atoms with van der Waals surface area (Å²) in [5.41, 5.74) is -1.43. The standard InChI is InChI=1S/C15H17N3O4/c1-15(2,14(21)22)9-16-12(19)8-18-13(20)11-6-4-3-5-10(11)7-17-18/h3-7H,8-9H2,1-2H3,(H,16,19)(H,21,22). The van der Waals surface area contributed by atoms with E-state index in [0.29, 0.717) is 10.8 Å². The van der Waals surface area contributed by atoms with Crippen molar-refractivity contribution in [2.24, 2.45) is 5.41 Å². The highest BCUT2D eigenvalue weighted by molar-refractivity contribution is 5.81. The first-order valence-corrected chi connectivity index (χ1v) is 6.76. The fraction of sp³-hybridized carbons (Fsp3) is 0.333. The Morgan fingerprint density at radius 3 is 2.68 bits per heavy atom. The van der Waals surface area contributed by atoms with Crippen LogP contribution in [-0.4, -0.2) is 33.3 Å². The molecule has 1 aromatic carbocycles. The predicted molar refractivity (Wildman–Crippen MR) is 80.4 cm³/mol. The molecule has 0 radical (unpaired) electrons. The number of carbonyl (C=O) groups excluding carboxylic acids is 1. The van der Waals surface area contributed by atoms with Gasteiger partial charge in [0.15, 0.2) is 0 Å². The van der Waals surface area contributed by atoms with Crippen LogP contribution in [0.1, 0.15) is 13.8 Å². The van der Waals surface area contributed by atoms with E-state index in [-0.39, 0.29) is 18.6 Å². The van der Waals surface area contributed by atoms with Gasteiger partial charge in [0.2, 0.25) is 5.91 Å². The quantitative estimate of drug-likeness (QED) is 0.843. The molecule has 22 heavy (non-hydrogen) atoms. The van der Waals surface area contributed by atoms with E-state index in [2.05, 4.69) is 10.4 Å². The summed E-state index contributed by atoms with van der Waals surface area (Å²) in [5, 5.41) is 16.6. The van der Waals surface area contributed by atoms with Crippen LogP contribution >= 0.6 is 0 Å². The van der Waals surface area contributed by atoms with E-state index >= 15 is 0 Å². The summed E-state index contributed by atoms with van der Waals surface area (Å²) >= 11 is 0. The molecule has 0 atom stereocenters. The van der Waals surface area contributed by atoms with Gasteiger partial charge in [0.25, 0.3) is 5.56 Å². The van der Waals surface area contributed by atoms with Crippen LogP contribution in [-0.2, 0) is 16.1 Å². The summed E-state index contributed by atoms with van der Waals surface area (Å²) in [6.07, 6.45) is 1.52. The smallest absolute Gasteiger partial charge is 0.310 e. The predicted octanol–water partition coefficient (Wildman–Crippen LogP) is 0.623. The fourth-order valence-corrected chi connectivity index (χ4v) is 1.83. The minimum absolute atomic E-state index is 0.0243. The van der Waals surface area contributed by atoms with Crippen LogP contribution in [0.5, 0.6) is 0 Å². The number of hydrogen-bond donors (Lipinski definition) is 2. The van der Waals surface area contributed by atoms with Crippen molar-refractivity contribution < 1.29 is 14.7 Å². The number of carboxylic acids is 1. The summed E-state index contributed by atoms with van der Waals surface area (Å²) in [6, 6.07) is 6.98. The lowest BCUT2D eigenvalue weighted by Crippen LogP contribution is -2.41. The molecule has 0 saturated heterocycles. The zero-order valence-corrected chi connectivity index (χ0v) is 12.4.